The van der Waals surface area contributed by atoms with Gasteiger partial charge in [-0.2, -0.15) is 0 Å². The van der Waals surface area contributed by atoms with Crippen molar-refractivity contribution in [2.24, 2.45) is 0 Å². The second-order valence-electron chi connectivity index (χ2n) is 3.10. The summed E-state index contributed by atoms with van der Waals surface area (Å²) < 4.78 is 12.9. The summed E-state index contributed by atoms with van der Waals surface area (Å²) in [6, 6.07) is 6.74. The maximum atomic E-state index is 12.9. The number of hydrogen-bond donors (Lipinski definition) is 1. The van der Waals surface area contributed by atoms with Gasteiger partial charge in [-0.25, -0.2) is 4.39 Å². The summed E-state index contributed by atoms with van der Waals surface area (Å²) >= 11 is 0. The molecule has 0 saturated heterocycles. The number of benzene rings is 1. The third-order valence-electron chi connectivity index (χ3n) is 2.11. The van der Waals surface area contributed by atoms with Gasteiger partial charge < -0.3 is 0 Å². The van der Waals surface area contributed by atoms with Crippen molar-refractivity contribution >= 4 is 0 Å². The van der Waals surface area contributed by atoms with Gasteiger partial charge in [0, 0.05) is 6.04 Å². The Bertz CT molecular complexity index is 327. The fourth-order valence-corrected chi connectivity index (χ4v) is 1.40. The highest BCUT2D eigenvalue weighted by molar-refractivity contribution is 5.20. The van der Waals surface area contributed by atoms with Crippen LogP contribution in [0, 0.1) is 18.2 Å². The zero-order valence-corrected chi connectivity index (χ0v) is 8.26. The van der Waals surface area contributed by atoms with Crippen molar-refractivity contribution in [3.05, 3.63) is 35.6 Å². The van der Waals surface area contributed by atoms with Gasteiger partial charge in [-0.05, 0) is 24.1 Å². The zero-order chi connectivity index (χ0) is 10.4. The second kappa shape index (κ2) is 5.41. The van der Waals surface area contributed by atoms with Gasteiger partial charge >= 0.3 is 0 Å². The summed E-state index contributed by atoms with van der Waals surface area (Å²) in [5, 5.41) is 3.16. The Morgan fingerprint density at radius 2 is 2.36 bits per heavy atom. The lowest BCUT2D eigenvalue weighted by atomic mass is 10.0. The first kappa shape index (κ1) is 10.7. The van der Waals surface area contributed by atoms with E-state index in [9.17, 15) is 4.39 Å². The molecule has 74 valence electrons. The maximum Gasteiger partial charge on any atom is 0.123 e. The predicted octanol–water partition coefficient (Wildman–Crippen LogP) is 2.50. The molecule has 0 fully saturated rings. The van der Waals surface area contributed by atoms with Crippen LogP contribution < -0.4 is 5.32 Å². The fraction of sp³-hybridized carbons (Fsp3) is 0.333. The molecule has 2 heteroatoms. The molecule has 1 nitrogen and oxygen atoms in total. The summed E-state index contributed by atoms with van der Waals surface area (Å²) in [5.74, 6) is 2.31. The van der Waals surface area contributed by atoms with Crippen molar-refractivity contribution in [2.45, 2.75) is 19.4 Å². The van der Waals surface area contributed by atoms with E-state index in [2.05, 4.69) is 11.2 Å². The van der Waals surface area contributed by atoms with Crippen molar-refractivity contribution in [3.63, 3.8) is 0 Å². The van der Waals surface area contributed by atoms with Crippen LogP contribution in [0.2, 0.25) is 0 Å². The third-order valence-corrected chi connectivity index (χ3v) is 2.11. The molecule has 0 aromatic heterocycles. The molecule has 0 radical (unpaired) electrons. The van der Waals surface area contributed by atoms with Crippen molar-refractivity contribution in [3.8, 4) is 12.3 Å². The van der Waals surface area contributed by atoms with Gasteiger partial charge in [0.05, 0.1) is 6.54 Å². The van der Waals surface area contributed by atoms with Crippen LogP contribution in [0.4, 0.5) is 4.39 Å². The van der Waals surface area contributed by atoms with Crippen molar-refractivity contribution in [2.75, 3.05) is 6.54 Å². The first-order valence-corrected chi connectivity index (χ1v) is 4.70. The Balaban J connectivity index is 2.74. The van der Waals surface area contributed by atoms with Crippen LogP contribution in [0.25, 0.3) is 0 Å². The minimum absolute atomic E-state index is 0.141. The van der Waals surface area contributed by atoms with E-state index in [1.54, 1.807) is 6.07 Å². The first-order chi connectivity index (χ1) is 6.77. The number of halogens is 1. The molecule has 0 heterocycles. The average Bonchev–Trinajstić information content (AvgIpc) is 2.19. The minimum atomic E-state index is -0.205. The highest BCUT2D eigenvalue weighted by atomic mass is 19.1. The molecular weight excluding hydrogens is 177 g/mol. The molecule has 0 saturated carbocycles. The Morgan fingerprint density at radius 1 is 1.57 bits per heavy atom. The highest BCUT2D eigenvalue weighted by Gasteiger charge is 2.07. The Hall–Kier alpha value is -1.33. The molecule has 0 amide bonds. The summed E-state index contributed by atoms with van der Waals surface area (Å²) in [6.45, 7) is 2.55. The molecular formula is C12H14FN. The van der Waals surface area contributed by atoms with Crippen LogP contribution in [0.3, 0.4) is 0 Å². The van der Waals surface area contributed by atoms with Gasteiger partial charge in [-0.3, -0.25) is 5.32 Å². The second-order valence-corrected chi connectivity index (χ2v) is 3.10. The molecule has 1 atom stereocenters. The van der Waals surface area contributed by atoms with Crippen molar-refractivity contribution in [1.82, 2.24) is 5.32 Å². The highest BCUT2D eigenvalue weighted by Crippen LogP contribution is 2.16. The maximum absolute atomic E-state index is 12.9. The number of nitrogens with one attached hydrogen (secondary N) is 1. The summed E-state index contributed by atoms with van der Waals surface area (Å²) in [7, 11) is 0. The lowest BCUT2D eigenvalue weighted by Crippen LogP contribution is -2.20. The van der Waals surface area contributed by atoms with Gasteiger partial charge in [0.25, 0.3) is 0 Å². The van der Waals surface area contributed by atoms with E-state index in [0.29, 0.717) is 6.54 Å². The van der Waals surface area contributed by atoms with Crippen molar-refractivity contribution in [1.29, 1.82) is 0 Å². The van der Waals surface area contributed by atoms with Gasteiger partial charge in [0.1, 0.15) is 5.82 Å². The van der Waals surface area contributed by atoms with Gasteiger partial charge in [0.2, 0.25) is 0 Å². The number of rotatable bonds is 4. The average molecular weight is 191 g/mol. The van der Waals surface area contributed by atoms with Gasteiger partial charge in [0.15, 0.2) is 0 Å². The lowest BCUT2D eigenvalue weighted by molar-refractivity contribution is 0.547. The molecule has 1 rings (SSSR count). The molecule has 1 aromatic rings. The van der Waals surface area contributed by atoms with Gasteiger partial charge in [-0.1, -0.05) is 25.0 Å². The first-order valence-electron chi connectivity index (χ1n) is 4.70. The van der Waals surface area contributed by atoms with E-state index in [0.717, 1.165) is 12.0 Å². The normalized spacial score (nSPS) is 12.1. The fourth-order valence-electron chi connectivity index (χ4n) is 1.40. The molecule has 0 aliphatic carbocycles. The van der Waals surface area contributed by atoms with E-state index in [1.807, 2.05) is 13.0 Å². The van der Waals surface area contributed by atoms with Crippen LogP contribution >= 0.6 is 0 Å². The molecule has 0 aliphatic heterocycles. The number of hydrogen-bond acceptors (Lipinski definition) is 1. The third kappa shape index (κ3) is 2.86. The summed E-state index contributed by atoms with van der Waals surface area (Å²) in [6.07, 6.45) is 6.05. The Labute approximate surface area is 84.3 Å². The van der Waals surface area contributed by atoms with E-state index in [-0.39, 0.29) is 11.9 Å². The minimum Gasteiger partial charge on any atom is -0.299 e. The molecule has 0 aliphatic rings. The van der Waals surface area contributed by atoms with Gasteiger partial charge in [-0.15, -0.1) is 6.42 Å². The van der Waals surface area contributed by atoms with Crippen LogP contribution in [0.5, 0.6) is 0 Å². The van der Waals surface area contributed by atoms with Crippen LogP contribution in [0.15, 0.2) is 24.3 Å². The largest absolute Gasteiger partial charge is 0.299 e. The molecule has 0 spiro atoms. The Kier molecular flexibility index (Phi) is 4.15. The van der Waals surface area contributed by atoms with Crippen LogP contribution in [-0.2, 0) is 0 Å². The predicted molar refractivity (Wildman–Crippen MR) is 56.3 cm³/mol. The van der Waals surface area contributed by atoms with E-state index in [4.69, 9.17) is 6.42 Å². The quantitative estimate of drug-likeness (QED) is 0.721. The van der Waals surface area contributed by atoms with Crippen LogP contribution in [0.1, 0.15) is 24.9 Å². The number of terminal acetylenes is 1. The molecule has 14 heavy (non-hydrogen) atoms. The van der Waals surface area contributed by atoms with E-state index < -0.39 is 0 Å². The Morgan fingerprint density at radius 3 is 2.93 bits per heavy atom. The van der Waals surface area contributed by atoms with E-state index in [1.165, 1.54) is 12.1 Å². The van der Waals surface area contributed by atoms with E-state index >= 15 is 0 Å². The smallest absolute Gasteiger partial charge is 0.123 e. The van der Waals surface area contributed by atoms with Crippen molar-refractivity contribution < 1.29 is 4.39 Å². The molecule has 1 N–H and O–H groups in total. The SMILES string of the molecule is C#CCNC(CC)c1cccc(F)c1. The summed E-state index contributed by atoms with van der Waals surface area (Å²) in [5.41, 5.74) is 0.947. The standard InChI is InChI=1S/C12H14FN/c1-3-8-14-12(4-2)10-6-5-7-11(13)9-10/h1,5-7,9,12,14H,4,8H2,2H3. The molecule has 1 unspecified atom stereocenters. The van der Waals surface area contributed by atoms with Crippen LogP contribution in [-0.4, -0.2) is 6.54 Å². The monoisotopic (exact) mass is 191 g/mol. The lowest BCUT2D eigenvalue weighted by Gasteiger charge is -2.15. The topological polar surface area (TPSA) is 12.0 Å². The summed E-state index contributed by atoms with van der Waals surface area (Å²) in [4.78, 5) is 0. The zero-order valence-electron chi connectivity index (χ0n) is 8.26. The molecule has 1 aromatic carbocycles. The molecule has 0 bridgehead atoms.